The molecular formula is C27H31FN6O3. The van der Waals surface area contributed by atoms with Gasteiger partial charge in [-0.1, -0.05) is 6.07 Å². The highest BCUT2D eigenvalue weighted by Gasteiger charge is 2.36. The van der Waals surface area contributed by atoms with E-state index in [9.17, 15) is 14.3 Å². The van der Waals surface area contributed by atoms with E-state index < -0.39 is 12.0 Å². The number of hydrogen-bond acceptors (Lipinski definition) is 7. The first-order chi connectivity index (χ1) is 18.0. The van der Waals surface area contributed by atoms with E-state index in [1.807, 2.05) is 6.07 Å². The number of methoxy groups -OCH3 is 1. The number of aliphatic hydroxyl groups is 1. The molecule has 1 fully saturated rings. The van der Waals surface area contributed by atoms with Crippen molar-refractivity contribution >= 4 is 23.0 Å². The van der Waals surface area contributed by atoms with Crippen LogP contribution >= 0.6 is 0 Å². The molecular weight excluding hydrogens is 475 g/mol. The second kappa shape index (κ2) is 9.68. The molecule has 6 heterocycles. The van der Waals surface area contributed by atoms with Crippen molar-refractivity contribution in [1.29, 1.82) is 0 Å². The number of aliphatic hydroxyl groups excluding tert-OH is 1. The number of anilines is 3. The molecule has 1 unspecified atom stereocenters. The zero-order valence-corrected chi connectivity index (χ0v) is 20.7. The van der Waals surface area contributed by atoms with Gasteiger partial charge in [0.2, 0.25) is 0 Å². The summed E-state index contributed by atoms with van der Waals surface area (Å²) >= 11 is 0. The number of ether oxygens (including phenoxy) is 1. The highest BCUT2D eigenvalue weighted by molar-refractivity contribution is 6.07. The number of rotatable bonds is 3. The predicted molar refractivity (Wildman–Crippen MR) is 139 cm³/mol. The minimum atomic E-state index is -0.604. The summed E-state index contributed by atoms with van der Waals surface area (Å²) in [7, 11) is 1.41. The number of para-hydroxylation sites is 1. The number of halogens is 1. The Morgan fingerprint density at radius 3 is 2.84 bits per heavy atom. The first-order valence-electron chi connectivity index (χ1n) is 12.8. The van der Waals surface area contributed by atoms with E-state index in [-0.39, 0.29) is 17.6 Å². The van der Waals surface area contributed by atoms with Crippen molar-refractivity contribution in [2.24, 2.45) is 5.92 Å². The fraction of sp³-hybridized carbons (Fsp3) is 0.407. The Kier molecular flexibility index (Phi) is 6.21. The second-order valence-electron chi connectivity index (χ2n) is 10.0. The van der Waals surface area contributed by atoms with Crippen molar-refractivity contribution < 1.29 is 19.0 Å². The predicted octanol–water partition coefficient (Wildman–Crippen LogP) is 3.64. The van der Waals surface area contributed by atoms with Crippen molar-refractivity contribution in [3.8, 4) is 17.0 Å². The summed E-state index contributed by atoms with van der Waals surface area (Å²) < 4.78 is 19.9. The molecule has 2 atom stereocenters. The molecule has 1 aromatic carbocycles. The van der Waals surface area contributed by atoms with Gasteiger partial charge in [-0.15, -0.1) is 0 Å². The van der Waals surface area contributed by atoms with Crippen LogP contribution in [0.1, 0.15) is 41.2 Å². The molecule has 0 saturated carbocycles. The van der Waals surface area contributed by atoms with Crippen LogP contribution in [0.3, 0.4) is 0 Å². The Hall–Kier alpha value is -3.63. The topological polar surface area (TPSA) is 115 Å². The van der Waals surface area contributed by atoms with Gasteiger partial charge in [0.05, 0.1) is 41.6 Å². The molecule has 5 N–H and O–H groups in total. The largest absolute Gasteiger partial charge is 0.492 e. The lowest BCUT2D eigenvalue weighted by Gasteiger charge is -2.37. The van der Waals surface area contributed by atoms with Crippen LogP contribution in [0.25, 0.3) is 11.3 Å². The zero-order valence-electron chi connectivity index (χ0n) is 20.7. The van der Waals surface area contributed by atoms with Crippen molar-refractivity contribution in [1.82, 2.24) is 20.2 Å². The number of carbonyl (C=O) groups is 1. The van der Waals surface area contributed by atoms with E-state index in [4.69, 9.17) is 4.74 Å². The maximum Gasteiger partial charge on any atom is 0.255 e. The molecule has 4 aliphatic rings. The second-order valence-corrected chi connectivity index (χ2v) is 10.0. The van der Waals surface area contributed by atoms with Crippen LogP contribution in [-0.2, 0) is 0 Å². The number of pyridine rings is 1. The van der Waals surface area contributed by atoms with Crippen molar-refractivity contribution in [2.45, 2.75) is 31.4 Å². The van der Waals surface area contributed by atoms with Gasteiger partial charge in [-0.2, -0.15) is 0 Å². The van der Waals surface area contributed by atoms with Crippen LogP contribution in [0.2, 0.25) is 0 Å². The quantitative estimate of drug-likeness (QED) is 0.369. The number of amides is 1. The van der Waals surface area contributed by atoms with E-state index in [1.165, 1.54) is 13.2 Å². The molecule has 1 amide bonds. The van der Waals surface area contributed by atoms with Gasteiger partial charge < -0.3 is 30.8 Å². The third kappa shape index (κ3) is 4.30. The highest BCUT2D eigenvalue weighted by atomic mass is 19.1. The molecule has 194 valence electrons. The Morgan fingerprint density at radius 1 is 1.19 bits per heavy atom. The van der Waals surface area contributed by atoms with Gasteiger partial charge in [0.25, 0.3) is 5.91 Å². The molecule has 3 aromatic rings. The van der Waals surface area contributed by atoms with Crippen LogP contribution in [0, 0.1) is 11.7 Å². The minimum absolute atomic E-state index is 0.0648. The summed E-state index contributed by atoms with van der Waals surface area (Å²) in [6, 6.07) is 6.55. The summed E-state index contributed by atoms with van der Waals surface area (Å²) in [5.41, 5.74) is 4.55. The average Bonchev–Trinajstić information content (AvgIpc) is 3.29. The van der Waals surface area contributed by atoms with Crippen molar-refractivity contribution in [2.75, 3.05) is 43.9 Å². The molecule has 9 nitrogen and oxygen atoms in total. The normalized spacial score (nSPS) is 24.9. The minimum Gasteiger partial charge on any atom is -0.492 e. The van der Waals surface area contributed by atoms with E-state index in [1.54, 1.807) is 24.5 Å². The molecule has 10 heteroatoms. The summed E-state index contributed by atoms with van der Waals surface area (Å²) in [5.74, 6) is -0.299. The summed E-state index contributed by atoms with van der Waals surface area (Å²) in [6.45, 7) is 2.87. The van der Waals surface area contributed by atoms with Gasteiger partial charge in [0.15, 0.2) is 11.6 Å². The van der Waals surface area contributed by atoms with Crippen molar-refractivity contribution in [3.05, 3.63) is 53.7 Å². The summed E-state index contributed by atoms with van der Waals surface area (Å²) in [6.07, 6.45) is 5.40. The Morgan fingerprint density at radius 2 is 2.03 bits per heavy atom. The third-order valence-corrected chi connectivity index (χ3v) is 7.84. The summed E-state index contributed by atoms with van der Waals surface area (Å²) in [5, 5.41) is 21.0. The van der Waals surface area contributed by atoms with Gasteiger partial charge in [0.1, 0.15) is 6.23 Å². The number of H-pyrrole nitrogens is 1. The molecule has 1 saturated heterocycles. The van der Waals surface area contributed by atoms with Crippen molar-refractivity contribution in [3.63, 3.8) is 0 Å². The third-order valence-electron chi connectivity index (χ3n) is 7.84. The molecule has 0 spiro atoms. The lowest BCUT2D eigenvalue weighted by Crippen LogP contribution is -2.45. The van der Waals surface area contributed by atoms with E-state index in [2.05, 4.69) is 30.8 Å². The smallest absolute Gasteiger partial charge is 0.255 e. The Bertz CT molecular complexity index is 1320. The fourth-order valence-corrected chi connectivity index (χ4v) is 5.81. The number of piperidine rings is 1. The number of aromatic nitrogens is 2. The van der Waals surface area contributed by atoms with Crippen LogP contribution in [0.15, 0.2) is 36.7 Å². The molecule has 2 aromatic heterocycles. The first kappa shape index (κ1) is 23.7. The van der Waals surface area contributed by atoms with E-state index in [0.717, 1.165) is 49.4 Å². The number of nitrogens with one attached hydrogen (secondary N) is 4. The zero-order chi connectivity index (χ0) is 25.5. The monoisotopic (exact) mass is 506 g/mol. The molecule has 0 radical (unpaired) electrons. The van der Waals surface area contributed by atoms with Gasteiger partial charge >= 0.3 is 0 Å². The molecule has 4 aliphatic heterocycles. The Labute approximate surface area is 214 Å². The number of carbonyl (C=O) groups excluding carboxylic acids is 1. The molecule has 4 bridgehead atoms. The van der Waals surface area contributed by atoms with Crippen LogP contribution in [0.5, 0.6) is 5.75 Å². The molecule has 0 aliphatic carbocycles. The maximum atomic E-state index is 14.5. The lowest BCUT2D eigenvalue weighted by atomic mass is 9.91. The number of aromatic amines is 1. The van der Waals surface area contributed by atoms with Crippen LogP contribution in [0.4, 0.5) is 21.5 Å². The van der Waals surface area contributed by atoms with Gasteiger partial charge in [-0.3, -0.25) is 14.7 Å². The lowest BCUT2D eigenvalue weighted by molar-refractivity contribution is -0.0256. The SMILES string of the molecule is COc1c(F)cccc1Nc1c2[nH]c3c1C(=O)NC[C@@H]3CC(O)N1CCC(CC1)CNc1cnccc1-2. The Balaban J connectivity index is 1.54. The average molecular weight is 507 g/mol. The van der Waals surface area contributed by atoms with Crippen LogP contribution in [-0.4, -0.2) is 65.4 Å². The van der Waals surface area contributed by atoms with Gasteiger partial charge in [-0.05, 0) is 43.4 Å². The fourth-order valence-electron chi connectivity index (χ4n) is 5.81. The van der Waals surface area contributed by atoms with E-state index in [0.29, 0.717) is 41.5 Å². The summed E-state index contributed by atoms with van der Waals surface area (Å²) in [4.78, 5) is 23.3. The molecule has 37 heavy (non-hydrogen) atoms. The molecule has 7 rings (SSSR count). The highest BCUT2D eigenvalue weighted by Crippen LogP contribution is 2.44. The van der Waals surface area contributed by atoms with Crippen LogP contribution < -0.4 is 20.7 Å². The van der Waals surface area contributed by atoms with E-state index >= 15 is 0 Å². The maximum absolute atomic E-state index is 14.5. The standard InChI is InChI=1S/C27H31FN6O3/c1-37-26-18(28)3-2-4-19(26)32-25-22-23-16(13-31-27(22)36)11-21(35)34-9-6-15(7-10-34)12-30-20-14-29-8-5-17(20)24(25)33-23/h2-5,8,14-16,21,30,32-33,35H,6-7,9-13H2,1H3,(H,31,36)/t16-,21?/m0/s1. The number of hydrogen-bond donors (Lipinski definition) is 5. The number of fused-ring (bicyclic) bond motifs is 4. The number of nitrogens with zero attached hydrogens (tertiary/aromatic N) is 2. The first-order valence-corrected chi connectivity index (χ1v) is 12.8. The number of benzene rings is 1. The van der Waals surface area contributed by atoms with Gasteiger partial charge in [0, 0.05) is 49.6 Å². The van der Waals surface area contributed by atoms with Gasteiger partial charge in [-0.25, -0.2) is 4.39 Å².